The van der Waals surface area contributed by atoms with Crippen LogP contribution in [0, 0.1) is 0 Å². The second kappa shape index (κ2) is 8.68. The Hall–Kier alpha value is -2.17. The lowest BCUT2D eigenvalue weighted by molar-refractivity contribution is -0.274. The van der Waals surface area contributed by atoms with Gasteiger partial charge in [-0.25, -0.2) is 0 Å². The second-order valence-electron chi connectivity index (χ2n) is 9.20. The van der Waals surface area contributed by atoms with Crippen molar-refractivity contribution in [3.05, 3.63) is 59.7 Å². The Bertz CT molecular complexity index is 770. The first kappa shape index (κ1) is 23.1. The van der Waals surface area contributed by atoms with E-state index < -0.39 is 6.36 Å². The fraction of sp³-hybridized carbons (Fsp3) is 0.500. The van der Waals surface area contributed by atoms with Gasteiger partial charge in [0, 0.05) is 0 Å². The fourth-order valence-corrected chi connectivity index (χ4v) is 3.14. The highest BCUT2D eigenvalue weighted by Crippen LogP contribution is 2.32. The van der Waals surface area contributed by atoms with E-state index in [2.05, 4.69) is 51.5 Å². The Kier molecular flexibility index (Phi) is 6.92. The molecule has 2 aromatic rings. The van der Waals surface area contributed by atoms with E-state index in [0.29, 0.717) is 0 Å². The summed E-state index contributed by atoms with van der Waals surface area (Å²) in [5, 5.41) is 0. The Labute approximate surface area is 172 Å². The van der Waals surface area contributed by atoms with Crippen molar-refractivity contribution in [2.45, 2.75) is 77.7 Å². The minimum absolute atomic E-state index is 0.0302. The third kappa shape index (κ3) is 7.30. The van der Waals surface area contributed by atoms with Crippen LogP contribution in [0.15, 0.2) is 48.5 Å². The van der Waals surface area contributed by atoms with Gasteiger partial charge < -0.3 is 9.47 Å². The first-order chi connectivity index (χ1) is 13.3. The third-order valence-electron chi connectivity index (χ3n) is 5.10. The molecule has 0 radical (unpaired) electrons. The van der Waals surface area contributed by atoms with Gasteiger partial charge in [0.25, 0.3) is 0 Å². The van der Waals surface area contributed by atoms with Crippen molar-refractivity contribution in [3.63, 3.8) is 0 Å². The number of benzene rings is 2. The van der Waals surface area contributed by atoms with Crippen molar-refractivity contribution in [2.75, 3.05) is 0 Å². The monoisotopic (exact) mass is 408 g/mol. The van der Waals surface area contributed by atoms with E-state index in [1.165, 1.54) is 17.7 Å². The fourth-order valence-electron chi connectivity index (χ4n) is 3.14. The predicted octanol–water partition coefficient (Wildman–Crippen LogP) is 7.41. The second-order valence-corrected chi connectivity index (χ2v) is 9.20. The largest absolute Gasteiger partial charge is 0.573 e. The zero-order valence-corrected chi connectivity index (χ0v) is 18.1. The van der Waals surface area contributed by atoms with Gasteiger partial charge in [-0.05, 0) is 66.0 Å². The molecule has 2 aromatic carbocycles. The van der Waals surface area contributed by atoms with Crippen molar-refractivity contribution >= 4 is 0 Å². The van der Waals surface area contributed by atoms with Crippen molar-refractivity contribution < 1.29 is 22.6 Å². The molecule has 0 fully saturated rings. The summed E-state index contributed by atoms with van der Waals surface area (Å²) in [7, 11) is 0. The van der Waals surface area contributed by atoms with E-state index in [4.69, 9.17) is 4.74 Å². The van der Waals surface area contributed by atoms with Gasteiger partial charge in [0.15, 0.2) is 0 Å². The van der Waals surface area contributed by atoms with E-state index >= 15 is 0 Å². The van der Waals surface area contributed by atoms with Crippen LogP contribution in [0.4, 0.5) is 13.2 Å². The number of halogens is 3. The molecule has 0 saturated carbocycles. The van der Waals surface area contributed by atoms with Crippen molar-refractivity contribution in [3.8, 4) is 11.5 Å². The maximum Gasteiger partial charge on any atom is 0.573 e. The van der Waals surface area contributed by atoms with Crippen molar-refractivity contribution in [2.24, 2.45) is 0 Å². The van der Waals surface area contributed by atoms with Crippen LogP contribution in [-0.2, 0) is 10.8 Å². The SMILES string of the molecule is CC(CCC(C)(C)c1ccc(OC(F)(F)F)cc1)Oc1ccc(C(C)(C)C)cc1. The first-order valence-electron chi connectivity index (χ1n) is 9.90. The Morgan fingerprint density at radius 2 is 1.24 bits per heavy atom. The molecule has 0 N–H and O–H groups in total. The van der Waals surface area contributed by atoms with E-state index in [1.54, 1.807) is 12.1 Å². The molecule has 0 aromatic heterocycles. The lowest BCUT2D eigenvalue weighted by atomic mass is 9.80. The van der Waals surface area contributed by atoms with Gasteiger partial charge in [0.2, 0.25) is 0 Å². The number of alkyl halides is 3. The molecule has 1 unspecified atom stereocenters. The first-order valence-corrected chi connectivity index (χ1v) is 9.90. The van der Waals surface area contributed by atoms with Crippen molar-refractivity contribution in [1.29, 1.82) is 0 Å². The molecule has 0 amide bonds. The van der Waals surface area contributed by atoms with Gasteiger partial charge in [-0.1, -0.05) is 58.9 Å². The number of hydrogen-bond donors (Lipinski definition) is 0. The molecule has 0 saturated heterocycles. The van der Waals surface area contributed by atoms with E-state index in [-0.39, 0.29) is 22.7 Å². The van der Waals surface area contributed by atoms with E-state index in [0.717, 1.165) is 24.2 Å². The van der Waals surface area contributed by atoms with Gasteiger partial charge in [-0.15, -0.1) is 13.2 Å². The van der Waals surface area contributed by atoms with Crippen molar-refractivity contribution in [1.82, 2.24) is 0 Å². The van der Waals surface area contributed by atoms with Crippen LogP contribution in [0.25, 0.3) is 0 Å². The van der Waals surface area contributed by atoms with Crippen LogP contribution >= 0.6 is 0 Å². The molecule has 2 nitrogen and oxygen atoms in total. The quantitative estimate of drug-likeness (QED) is 0.475. The summed E-state index contributed by atoms with van der Waals surface area (Å²) in [6.45, 7) is 12.7. The van der Waals surface area contributed by atoms with Crippen LogP contribution in [0.2, 0.25) is 0 Å². The lowest BCUT2D eigenvalue weighted by Gasteiger charge is -2.27. The molecule has 29 heavy (non-hydrogen) atoms. The summed E-state index contributed by atoms with van der Waals surface area (Å²) >= 11 is 0. The zero-order valence-electron chi connectivity index (χ0n) is 18.1. The molecule has 0 spiro atoms. The Morgan fingerprint density at radius 1 is 0.759 bits per heavy atom. The highest BCUT2D eigenvalue weighted by atomic mass is 19.4. The number of rotatable bonds is 7. The molecule has 0 aliphatic heterocycles. The van der Waals surface area contributed by atoms with Crippen LogP contribution < -0.4 is 9.47 Å². The van der Waals surface area contributed by atoms with Gasteiger partial charge in [-0.3, -0.25) is 0 Å². The molecule has 0 heterocycles. The predicted molar refractivity (Wildman–Crippen MR) is 111 cm³/mol. The van der Waals surface area contributed by atoms with Gasteiger partial charge in [-0.2, -0.15) is 0 Å². The normalized spacial score (nSPS) is 13.8. The molecule has 160 valence electrons. The van der Waals surface area contributed by atoms with Gasteiger partial charge in [0.05, 0.1) is 6.10 Å². The van der Waals surface area contributed by atoms with Crippen LogP contribution in [0.3, 0.4) is 0 Å². The Morgan fingerprint density at radius 3 is 1.72 bits per heavy atom. The summed E-state index contributed by atoms with van der Waals surface area (Å²) in [6.07, 6.45) is -2.97. The summed E-state index contributed by atoms with van der Waals surface area (Å²) in [5.74, 6) is 0.643. The van der Waals surface area contributed by atoms with Crippen LogP contribution in [0.5, 0.6) is 11.5 Å². The summed E-state index contributed by atoms with van der Waals surface area (Å²) in [4.78, 5) is 0. The third-order valence-corrected chi connectivity index (χ3v) is 5.10. The van der Waals surface area contributed by atoms with Crippen LogP contribution in [-0.4, -0.2) is 12.5 Å². The van der Waals surface area contributed by atoms with E-state index in [1.807, 2.05) is 19.1 Å². The molecular weight excluding hydrogens is 377 g/mol. The molecule has 1 atom stereocenters. The summed E-state index contributed by atoms with van der Waals surface area (Å²) < 4.78 is 46.9. The smallest absolute Gasteiger partial charge is 0.491 e. The molecule has 0 aliphatic rings. The topological polar surface area (TPSA) is 18.5 Å². The van der Waals surface area contributed by atoms with Gasteiger partial charge >= 0.3 is 6.36 Å². The maximum atomic E-state index is 12.3. The minimum Gasteiger partial charge on any atom is -0.491 e. The molecule has 0 aliphatic carbocycles. The average molecular weight is 409 g/mol. The highest BCUT2D eigenvalue weighted by Gasteiger charge is 2.31. The standard InChI is InChI=1S/C24H31F3O2/c1-17(28-20-11-7-18(8-12-20)22(2,3)4)15-16-23(5,6)19-9-13-21(14-10-19)29-24(25,26)27/h7-14,17H,15-16H2,1-6H3. The number of hydrogen-bond acceptors (Lipinski definition) is 2. The molecular formula is C24H31F3O2. The highest BCUT2D eigenvalue weighted by molar-refractivity contribution is 5.32. The minimum atomic E-state index is -4.67. The summed E-state index contributed by atoms with van der Waals surface area (Å²) in [5.41, 5.74) is 2.14. The molecule has 5 heteroatoms. The summed E-state index contributed by atoms with van der Waals surface area (Å²) in [6, 6.07) is 14.3. The molecule has 0 bridgehead atoms. The van der Waals surface area contributed by atoms with E-state index in [9.17, 15) is 13.2 Å². The molecule has 2 rings (SSSR count). The van der Waals surface area contributed by atoms with Crippen LogP contribution in [0.1, 0.15) is 65.5 Å². The maximum absolute atomic E-state index is 12.3. The Balaban J connectivity index is 1.92. The average Bonchev–Trinajstić information content (AvgIpc) is 2.59. The lowest BCUT2D eigenvalue weighted by Crippen LogP contribution is -2.22. The van der Waals surface area contributed by atoms with Gasteiger partial charge in [0.1, 0.15) is 11.5 Å². The zero-order chi connectivity index (χ0) is 21.9. The number of ether oxygens (including phenoxy) is 2.